The van der Waals surface area contributed by atoms with Crippen LogP contribution >= 0.6 is 0 Å². The third kappa shape index (κ3) is 3.51. The minimum atomic E-state index is -4.45. The van der Waals surface area contributed by atoms with Gasteiger partial charge >= 0.3 is 6.18 Å². The summed E-state index contributed by atoms with van der Waals surface area (Å²) in [6, 6.07) is 7.32. The first-order chi connectivity index (χ1) is 12.9. The Morgan fingerprint density at radius 2 is 1.89 bits per heavy atom. The van der Waals surface area contributed by atoms with Gasteiger partial charge in [-0.2, -0.15) is 13.2 Å². The summed E-state index contributed by atoms with van der Waals surface area (Å²) in [6.07, 6.45) is 1.21. The molecule has 0 fully saturated rings. The lowest BCUT2D eigenvalue weighted by molar-refractivity contribution is -0.140. The van der Waals surface area contributed by atoms with E-state index in [0.29, 0.717) is 12.1 Å². The van der Waals surface area contributed by atoms with Gasteiger partial charge in [0.25, 0.3) is 0 Å². The molecule has 140 valence electrons. The Bertz CT molecular complexity index is 960. The zero-order valence-corrected chi connectivity index (χ0v) is 14.7. The number of hydrogen-bond donors (Lipinski definition) is 1. The van der Waals surface area contributed by atoms with Gasteiger partial charge in [-0.05, 0) is 24.8 Å². The van der Waals surface area contributed by atoms with E-state index in [1.807, 2.05) is 12.1 Å². The molecule has 0 radical (unpaired) electrons. The van der Waals surface area contributed by atoms with Crippen LogP contribution < -0.4 is 5.32 Å². The van der Waals surface area contributed by atoms with Crippen molar-refractivity contribution < 1.29 is 13.2 Å². The maximum Gasteiger partial charge on any atom is 0.434 e. The van der Waals surface area contributed by atoms with Crippen LogP contribution in [0.4, 0.5) is 19.0 Å². The fraction of sp³-hybridized carbons (Fsp3) is 0.316. The predicted octanol–water partition coefficient (Wildman–Crippen LogP) is 4.00. The van der Waals surface area contributed by atoms with E-state index in [-0.39, 0.29) is 5.82 Å². The van der Waals surface area contributed by atoms with Gasteiger partial charge in [-0.1, -0.05) is 24.3 Å². The lowest BCUT2D eigenvalue weighted by Crippen LogP contribution is -2.05. The molecule has 1 aliphatic rings. The Balaban J connectivity index is 1.49. The second-order valence-corrected chi connectivity index (χ2v) is 6.61. The molecule has 2 aromatic heterocycles. The molecule has 1 aliphatic carbocycles. The molecule has 0 saturated heterocycles. The fourth-order valence-electron chi connectivity index (χ4n) is 3.34. The maximum atomic E-state index is 12.8. The van der Waals surface area contributed by atoms with E-state index in [9.17, 15) is 13.2 Å². The maximum absolute atomic E-state index is 12.8. The number of rotatable bonds is 4. The summed E-state index contributed by atoms with van der Waals surface area (Å²) in [6.45, 7) is 0.581. The quantitative estimate of drug-likeness (QED) is 0.751. The molecule has 0 bridgehead atoms. The normalized spacial score (nSPS) is 13.6. The number of alkyl halides is 3. The van der Waals surface area contributed by atoms with Gasteiger partial charge < -0.3 is 9.88 Å². The van der Waals surface area contributed by atoms with Gasteiger partial charge in [-0.25, -0.2) is 15.0 Å². The molecule has 5 nitrogen and oxygen atoms in total. The van der Waals surface area contributed by atoms with Crippen LogP contribution in [0, 0.1) is 0 Å². The van der Waals surface area contributed by atoms with Crippen molar-refractivity contribution in [1.29, 1.82) is 0 Å². The monoisotopic (exact) mass is 373 g/mol. The Kier molecular flexibility index (Phi) is 4.33. The largest absolute Gasteiger partial charge is 0.434 e. The van der Waals surface area contributed by atoms with E-state index in [2.05, 4.69) is 20.3 Å². The van der Waals surface area contributed by atoms with Gasteiger partial charge in [0.1, 0.15) is 18.0 Å². The Morgan fingerprint density at radius 1 is 1.11 bits per heavy atom. The molecule has 1 aromatic carbocycles. The van der Waals surface area contributed by atoms with E-state index in [0.717, 1.165) is 42.5 Å². The van der Waals surface area contributed by atoms with E-state index in [1.54, 1.807) is 25.5 Å². The van der Waals surface area contributed by atoms with Crippen LogP contribution in [0.1, 0.15) is 28.9 Å². The van der Waals surface area contributed by atoms with Gasteiger partial charge in [0.05, 0.1) is 0 Å². The van der Waals surface area contributed by atoms with Crippen LogP contribution in [0.5, 0.6) is 0 Å². The van der Waals surface area contributed by atoms with Gasteiger partial charge in [-0.3, -0.25) is 0 Å². The van der Waals surface area contributed by atoms with E-state index < -0.39 is 11.9 Å². The lowest BCUT2D eigenvalue weighted by atomic mass is 10.1. The van der Waals surface area contributed by atoms with Gasteiger partial charge in [-0.15, -0.1) is 0 Å². The summed E-state index contributed by atoms with van der Waals surface area (Å²) < 4.78 is 39.9. The van der Waals surface area contributed by atoms with Crippen LogP contribution in [0.3, 0.4) is 0 Å². The highest BCUT2D eigenvalue weighted by Gasteiger charge is 2.34. The second-order valence-electron chi connectivity index (χ2n) is 6.61. The Hall–Kier alpha value is -2.90. The number of fused-ring (bicyclic) bond motifs is 1. The number of aromatic nitrogens is 4. The summed E-state index contributed by atoms with van der Waals surface area (Å²) in [7, 11) is 1.56. The summed E-state index contributed by atoms with van der Waals surface area (Å²) in [5, 5.41) is 3.34. The zero-order valence-electron chi connectivity index (χ0n) is 14.7. The first-order valence-electron chi connectivity index (χ1n) is 8.68. The number of hydrogen-bond acceptors (Lipinski definition) is 4. The molecule has 0 amide bonds. The number of nitrogens with one attached hydrogen (secondary N) is 1. The van der Waals surface area contributed by atoms with Crippen molar-refractivity contribution in [3.8, 4) is 11.4 Å². The van der Waals surface area contributed by atoms with Crippen LogP contribution in [0.2, 0.25) is 0 Å². The molecule has 3 aromatic rings. The van der Waals surface area contributed by atoms with Crippen molar-refractivity contribution in [2.75, 3.05) is 5.32 Å². The number of nitrogens with zero attached hydrogens (tertiary/aromatic N) is 4. The molecule has 2 heterocycles. The molecule has 0 spiro atoms. The van der Waals surface area contributed by atoms with Gasteiger partial charge in [0.2, 0.25) is 0 Å². The summed E-state index contributed by atoms with van der Waals surface area (Å²) in [5.41, 5.74) is 3.05. The number of benzene rings is 1. The van der Waals surface area contributed by atoms with E-state index in [4.69, 9.17) is 0 Å². The van der Waals surface area contributed by atoms with Crippen molar-refractivity contribution >= 4 is 5.82 Å². The molecule has 0 atom stereocenters. The highest BCUT2D eigenvalue weighted by molar-refractivity contribution is 5.57. The standard InChI is InChI=1S/C19H18F3N5/c1-27-10-16(19(20,21)22)26-18(27)13-7-5-12(6-8-13)9-23-17-14-3-2-4-15(14)24-11-25-17/h5-8,10-11H,2-4,9H2,1H3,(H,23,24,25). The predicted molar refractivity (Wildman–Crippen MR) is 95.0 cm³/mol. The summed E-state index contributed by atoms with van der Waals surface area (Å²) >= 11 is 0. The molecular formula is C19H18F3N5. The Labute approximate surface area is 154 Å². The minimum absolute atomic E-state index is 0.287. The van der Waals surface area contributed by atoms with Crippen molar-refractivity contribution in [2.45, 2.75) is 32.0 Å². The molecule has 0 unspecified atom stereocenters. The van der Waals surface area contributed by atoms with Crippen molar-refractivity contribution in [3.05, 3.63) is 59.3 Å². The smallest absolute Gasteiger partial charge is 0.366 e. The Morgan fingerprint density at radius 3 is 2.59 bits per heavy atom. The summed E-state index contributed by atoms with van der Waals surface area (Å²) in [4.78, 5) is 12.4. The number of halogens is 3. The SMILES string of the molecule is Cn1cc(C(F)(F)F)nc1-c1ccc(CNc2ncnc3c2CCC3)cc1. The first-order valence-corrected chi connectivity index (χ1v) is 8.68. The van der Waals surface area contributed by atoms with Crippen LogP contribution in [0.15, 0.2) is 36.8 Å². The van der Waals surface area contributed by atoms with Crippen LogP contribution in [-0.2, 0) is 32.6 Å². The van der Waals surface area contributed by atoms with Crippen LogP contribution in [-0.4, -0.2) is 19.5 Å². The number of aryl methyl sites for hydroxylation is 2. The molecule has 4 rings (SSSR count). The zero-order chi connectivity index (χ0) is 19.0. The first kappa shape index (κ1) is 17.5. The third-order valence-electron chi connectivity index (χ3n) is 4.71. The average Bonchev–Trinajstić information content (AvgIpc) is 3.27. The second kappa shape index (κ2) is 6.68. The topological polar surface area (TPSA) is 55.6 Å². The molecule has 27 heavy (non-hydrogen) atoms. The molecule has 1 N–H and O–H groups in total. The lowest BCUT2D eigenvalue weighted by Gasteiger charge is -2.10. The fourth-order valence-corrected chi connectivity index (χ4v) is 3.34. The molecule has 8 heteroatoms. The van der Waals surface area contributed by atoms with Crippen molar-refractivity contribution in [2.24, 2.45) is 7.05 Å². The van der Waals surface area contributed by atoms with Crippen molar-refractivity contribution in [3.63, 3.8) is 0 Å². The van der Waals surface area contributed by atoms with Gasteiger partial charge in [0.15, 0.2) is 5.69 Å². The van der Waals surface area contributed by atoms with E-state index >= 15 is 0 Å². The van der Waals surface area contributed by atoms with Gasteiger partial charge in [0, 0.05) is 36.6 Å². The summed E-state index contributed by atoms with van der Waals surface area (Å²) in [5.74, 6) is 1.15. The van der Waals surface area contributed by atoms with E-state index in [1.165, 1.54) is 10.1 Å². The highest BCUT2D eigenvalue weighted by Crippen LogP contribution is 2.31. The molecular weight excluding hydrogens is 355 g/mol. The number of imidazole rings is 1. The molecule has 0 saturated carbocycles. The third-order valence-corrected chi connectivity index (χ3v) is 4.71. The number of anilines is 1. The van der Waals surface area contributed by atoms with Crippen LogP contribution in [0.25, 0.3) is 11.4 Å². The minimum Gasteiger partial charge on any atom is -0.366 e. The highest BCUT2D eigenvalue weighted by atomic mass is 19.4. The molecule has 0 aliphatic heterocycles. The van der Waals surface area contributed by atoms with Crippen molar-refractivity contribution in [1.82, 2.24) is 19.5 Å². The average molecular weight is 373 g/mol.